The van der Waals surface area contributed by atoms with Crippen LogP contribution in [-0.4, -0.2) is 66.0 Å². The number of morpholine rings is 1. The Bertz CT molecular complexity index is 1410. The fraction of sp³-hybridized carbons (Fsp3) is 0.444. The molecule has 1 fully saturated rings. The number of aryl methyl sites for hydroxylation is 1. The van der Waals surface area contributed by atoms with Gasteiger partial charge in [-0.05, 0) is 42.2 Å². The molecular weight excluding hydrogens is 478 g/mol. The summed E-state index contributed by atoms with van der Waals surface area (Å²) in [4.78, 5) is 32.3. The van der Waals surface area contributed by atoms with Gasteiger partial charge in [-0.25, -0.2) is 13.4 Å². The lowest BCUT2D eigenvalue weighted by Gasteiger charge is -2.26. The number of sulfone groups is 1. The van der Waals surface area contributed by atoms with Crippen LogP contribution in [0.1, 0.15) is 32.3 Å². The van der Waals surface area contributed by atoms with Gasteiger partial charge in [-0.1, -0.05) is 37.3 Å². The van der Waals surface area contributed by atoms with Gasteiger partial charge in [0.15, 0.2) is 15.6 Å². The minimum absolute atomic E-state index is 0.0144. The van der Waals surface area contributed by atoms with E-state index in [1.54, 1.807) is 13.0 Å². The predicted octanol–water partition coefficient (Wildman–Crippen LogP) is 3.07. The van der Waals surface area contributed by atoms with Gasteiger partial charge in [-0.3, -0.25) is 19.1 Å². The molecule has 0 amide bonds. The molecule has 192 valence electrons. The van der Waals surface area contributed by atoms with Crippen LogP contribution in [0.5, 0.6) is 0 Å². The standard InChI is InChI=1S/C27H33N3O5S/c1-4-25(31)27(2,36(3,33)34)11-12-30-19-28-24-17-22(9-10-23(24)26(30)32)21-7-5-20(6-8-21)18-29-13-15-35-16-14-29/h5-10,17,19H,4,11-16,18H2,1-3H3/t27-/m1/s1. The summed E-state index contributed by atoms with van der Waals surface area (Å²) in [6, 6.07) is 13.9. The first kappa shape index (κ1) is 26.2. The number of ketones is 1. The second kappa shape index (κ2) is 10.6. The summed E-state index contributed by atoms with van der Waals surface area (Å²) in [6.07, 6.45) is 2.63. The Morgan fingerprint density at radius 1 is 1.08 bits per heavy atom. The lowest BCUT2D eigenvalue weighted by Crippen LogP contribution is -2.44. The molecule has 1 saturated heterocycles. The Kier molecular flexibility index (Phi) is 7.73. The van der Waals surface area contributed by atoms with Crippen molar-refractivity contribution in [3.8, 4) is 11.1 Å². The summed E-state index contributed by atoms with van der Waals surface area (Å²) in [5.74, 6) is -0.354. The normalized spacial score (nSPS) is 16.6. The van der Waals surface area contributed by atoms with E-state index in [1.165, 1.54) is 23.4 Å². The monoisotopic (exact) mass is 511 g/mol. The molecule has 8 nitrogen and oxygen atoms in total. The molecule has 3 aromatic rings. The molecule has 1 aliphatic rings. The topological polar surface area (TPSA) is 98.6 Å². The Labute approximate surface area is 211 Å². The van der Waals surface area contributed by atoms with E-state index in [1.807, 2.05) is 12.1 Å². The first-order valence-corrected chi connectivity index (χ1v) is 14.1. The van der Waals surface area contributed by atoms with Crippen molar-refractivity contribution < 1.29 is 17.9 Å². The van der Waals surface area contributed by atoms with Gasteiger partial charge < -0.3 is 4.74 Å². The third kappa shape index (κ3) is 5.43. The quantitative estimate of drug-likeness (QED) is 0.435. The third-order valence-electron chi connectivity index (χ3n) is 7.18. The predicted molar refractivity (Wildman–Crippen MR) is 141 cm³/mol. The van der Waals surface area contributed by atoms with Crippen LogP contribution < -0.4 is 5.56 Å². The summed E-state index contributed by atoms with van der Waals surface area (Å²) in [5, 5.41) is 0.452. The van der Waals surface area contributed by atoms with Crippen LogP contribution in [0, 0.1) is 0 Å². The zero-order valence-electron chi connectivity index (χ0n) is 21.1. The number of ether oxygens (including phenoxy) is 1. The molecular formula is C27H33N3O5S. The molecule has 1 atom stereocenters. The number of carbonyl (C=O) groups is 1. The van der Waals surface area contributed by atoms with Gasteiger partial charge >= 0.3 is 0 Å². The lowest BCUT2D eigenvalue weighted by atomic mass is 9.99. The number of hydrogen-bond donors (Lipinski definition) is 0. The average molecular weight is 512 g/mol. The molecule has 0 aliphatic carbocycles. The van der Waals surface area contributed by atoms with E-state index in [-0.39, 0.29) is 30.7 Å². The second-order valence-electron chi connectivity index (χ2n) is 9.59. The zero-order valence-corrected chi connectivity index (χ0v) is 21.9. The minimum atomic E-state index is -3.64. The number of fused-ring (bicyclic) bond motifs is 1. The maximum absolute atomic E-state index is 13.1. The summed E-state index contributed by atoms with van der Waals surface area (Å²) < 4.78 is 29.9. The van der Waals surface area contributed by atoms with Crippen LogP contribution in [0.4, 0.5) is 0 Å². The Morgan fingerprint density at radius 2 is 1.75 bits per heavy atom. The van der Waals surface area contributed by atoms with Crippen molar-refractivity contribution in [3.05, 3.63) is 64.7 Å². The van der Waals surface area contributed by atoms with Crippen molar-refractivity contribution in [1.29, 1.82) is 0 Å². The number of rotatable bonds is 9. The maximum Gasteiger partial charge on any atom is 0.261 e. The molecule has 0 unspecified atom stereocenters. The Balaban J connectivity index is 1.53. The lowest BCUT2D eigenvalue weighted by molar-refractivity contribution is -0.121. The molecule has 9 heteroatoms. The van der Waals surface area contributed by atoms with Crippen molar-refractivity contribution >= 4 is 26.5 Å². The van der Waals surface area contributed by atoms with Crippen LogP contribution in [0.15, 0.2) is 53.6 Å². The van der Waals surface area contributed by atoms with Gasteiger partial charge in [0.2, 0.25) is 0 Å². The summed E-state index contributed by atoms with van der Waals surface area (Å²) in [5.41, 5.74) is 3.55. The van der Waals surface area contributed by atoms with Gasteiger partial charge in [0.05, 0.1) is 30.4 Å². The van der Waals surface area contributed by atoms with Gasteiger partial charge in [0, 0.05) is 38.9 Å². The first-order chi connectivity index (χ1) is 17.1. The van der Waals surface area contributed by atoms with Gasteiger partial charge in [0.25, 0.3) is 5.56 Å². The van der Waals surface area contributed by atoms with Crippen LogP contribution in [0.2, 0.25) is 0 Å². The third-order valence-corrected chi connectivity index (χ3v) is 9.25. The molecule has 0 saturated carbocycles. The van der Waals surface area contributed by atoms with E-state index in [2.05, 4.69) is 34.1 Å². The van der Waals surface area contributed by atoms with Crippen molar-refractivity contribution in [3.63, 3.8) is 0 Å². The van der Waals surface area contributed by atoms with Crippen LogP contribution in [-0.2, 0) is 32.5 Å². The number of carbonyl (C=O) groups excluding carboxylic acids is 1. The SMILES string of the molecule is CCC(=O)[C@@](C)(CCn1cnc2cc(-c3ccc(CN4CCOCC4)cc3)ccc2c1=O)S(C)(=O)=O. The van der Waals surface area contributed by atoms with Crippen LogP contribution in [0.25, 0.3) is 22.0 Å². The van der Waals surface area contributed by atoms with E-state index >= 15 is 0 Å². The van der Waals surface area contributed by atoms with E-state index in [0.717, 1.165) is 50.2 Å². The van der Waals surface area contributed by atoms with E-state index in [0.29, 0.717) is 10.9 Å². The van der Waals surface area contributed by atoms with Gasteiger partial charge in [0.1, 0.15) is 4.75 Å². The van der Waals surface area contributed by atoms with E-state index in [4.69, 9.17) is 4.74 Å². The van der Waals surface area contributed by atoms with Crippen molar-refractivity contribution in [1.82, 2.24) is 14.5 Å². The molecule has 1 aliphatic heterocycles. The first-order valence-electron chi connectivity index (χ1n) is 12.2. The van der Waals surface area contributed by atoms with Gasteiger partial charge in [-0.2, -0.15) is 0 Å². The largest absolute Gasteiger partial charge is 0.379 e. The van der Waals surface area contributed by atoms with Crippen molar-refractivity contribution in [2.75, 3.05) is 32.6 Å². The molecule has 2 aromatic carbocycles. The van der Waals surface area contributed by atoms with Crippen LogP contribution in [0.3, 0.4) is 0 Å². The van der Waals surface area contributed by atoms with Crippen molar-refractivity contribution in [2.24, 2.45) is 0 Å². The molecule has 0 spiro atoms. The van der Waals surface area contributed by atoms with E-state index in [9.17, 15) is 18.0 Å². The molecule has 0 bridgehead atoms. The molecule has 1 aromatic heterocycles. The Hall–Kier alpha value is -2.88. The zero-order chi connectivity index (χ0) is 25.9. The fourth-order valence-electron chi connectivity index (χ4n) is 4.56. The fourth-order valence-corrected chi connectivity index (χ4v) is 5.58. The number of Topliss-reactive ketones (excluding diaryl/α,β-unsaturated/α-hetero) is 1. The smallest absolute Gasteiger partial charge is 0.261 e. The maximum atomic E-state index is 13.1. The number of nitrogens with zero attached hydrogens (tertiary/aromatic N) is 3. The molecule has 4 rings (SSSR count). The highest BCUT2D eigenvalue weighted by Gasteiger charge is 2.41. The highest BCUT2D eigenvalue weighted by Crippen LogP contribution is 2.26. The highest BCUT2D eigenvalue weighted by molar-refractivity contribution is 7.92. The van der Waals surface area contributed by atoms with Crippen LogP contribution >= 0.6 is 0 Å². The number of aromatic nitrogens is 2. The van der Waals surface area contributed by atoms with E-state index < -0.39 is 14.6 Å². The molecule has 0 radical (unpaired) electrons. The molecule has 36 heavy (non-hydrogen) atoms. The highest BCUT2D eigenvalue weighted by atomic mass is 32.2. The molecule has 2 heterocycles. The number of benzene rings is 2. The number of hydrogen-bond acceptors (Lipinski definition) is 7. The molecule has 0 N–H and O–H groups in total. The summed E-state index contributed by atoms with van der Waals surface area (Å²) in [7, 11) is -3.64. The minimum Gasteiger partial charge on any atom is -0.379 e. The second-order valence-corrected chi connectivity index (χ2v) is 12.0. The summed E-state index contributed by atoms with van der Waals surface area (Å²) >= 11 is 0. The van der Waals surface area contributed by atoms with Crippen molar-refractivity contribution in [2.45, 2.75) is 44.5 Å². The van der Waals surface area contributed by atoms with Gasteiger partial charge in [-0.15, -0.1) is 0 Å². The average Bonchev–Trinajstić information content (AvgIpc) is 2.88. The Morgan fingerprint density at radius 3 is 2.39 bits per heavy atom. The summed E-state index contributed by atoms with van der Waals surface area (Å²) in [6.45, 7) is 7.50.